The highest BCUT2D eigenvalue weighted by Crippen LogP contribution is 2.37. The topological polar surface area (TPSA) is 69.2 Å². The van der Waals surface area contributed by atoms with Crippen molar-refractivity contribution in [3.05, 3.63) is 86.4 Å². The molecule has 0 fully saturated rings. The summed E-state index contributed by atoms with van der Waals surface area (Å²) in [5.74, 6) is 1.16. The second-order valence-corrected chi connectivity index (χ2v) is 8.36. The Hall–Kier alpha value is -2.93. The first-order valence-corrected chi connectivity index (χ1v) is 11.5. The molecule has 0 spiro atoms. The number of carbonyl (C=O) groups excluding carboxylic acids is 1. The van der Waals surface area contributed by atoms with Gasteiger partial charge in [-0.1, -0.05) is 47.8 Å². The van der Waals surface area contributed by atoms with Gasteiger partial charge in [0, 0.05) is 5.56 Å². The van der Waals surface area contributed by atoms with Crippen molar-refractivity contribution >= 4 is 46.9 Å². The monoisotopic (exact) mass is 520 g/mol. The van der Waals surface area contributed by atoms with E-state index < -0.39 is 0 Å². The zero-order chi connectivity index (χ0) is 24.5. The molecule has 0 aliphatic rings. The van der Waals surface area contributed by atoms with Gasteiger partial charge in [-0.3, -0.25) is 4.79 Å². The molecular weight excluding hydrogens is 499 g/mol. The largest absolute Gasteiger partial charge is 0.494 e. The van der Waals surface area contributed by atoms with Crippen molar-refractivity contribution in [2.75, 3.05) is 13.7 Å². The molecular formula is C25H23Cl3N2O4. The van der Waals surface area contributed by atoms with Crippen LogP contribution in [0.1, 0.15) is 34.8 Å². The molecule has 0 saturated carbocycles. The number of amides is 1. The molecule has 0 atom stereocenters. The zero-order valence-electron chi connectivity index (χ0n) is 18.6. The van der Waals surface area contributed by atoms with E-state index in [4.69, 9.17) is 49.0 Å². The maximum Gasteiger partial charge on any atom is 0.271 e. The quantitative estimate of drug-likeness (QED) is 0.236. The van der Waals surface area contributed by atoms with E-state index in [1.165, 1.54) is 13.3 Å². The summed E-state index contributed by atoms with van der Waals surface area (Å²) in [7, 11) is 1.51. The summed E-state index contributed by atoms with van der Waals surface area (Å²) in [6.07, 6.45) is 2.38. The van der Waals surface area contributed by atoms with Gasteiger partial charge in [0.1, 0.15) is 12.4 Å². The van der Waals surface area contributed by atoms with Gasteiger partial charge in [0.05, 0.1) is 35.0 Å². The molecule has 3 aromatic carbocycles. The number of nitrogens with zero attached hydrogens (tertiary/aromatic N) is 1. The zero-order valence-corrected chi connectivity index (χ0v) is 20.9. The second kappa shape index (κ2) is 12.5. The molecule has 0 aliphatic carbocycles. The Morgan fingerprint density at radius 2 is 1.74 bits per heavy atom. The number of hydrogen-bond donors (Lipinski definition) is 1. The fourth-order valence-electron chi connectivity index (χ4n) is 2.89. The van der Waals surface area contributed by atoms with E-state index >= 15 is 0 Å². The molecule has 0 aliphatic heterocycles. The maximum atomic E-state index is 12.3. The summed E-state index contributed by atoms with van der Waals surface area (Å²) in [6.45, 7) is 2.88. The molecule has 1 amide bonds. The van der Waals surface area contributed by atoms with Crippen molar-refractivity contribution in [3.8, 4) is 17.2 Å². The van der Waals surface area contributed by atoms with Crippen molar-refractivity contribution in [3.63, 3.8) is 0 Å². The lowest BCUT2D eigenvalue weighted by Crippen LogP contribution is -2.17. The molecule has 3 aromatic rings. The van der Waals surface area contributed by atoms with Crippen LogP contribution in [0.2, 0.25) is 15.1 Å². The van der Waals surface area contributed by atoms with Gasteiger partial charge in [0.25, 0.3) is 5.91 Å². The van der Waals surface area contributed by atoms with Gasteiger partial charge in [-0.2, -0.15) is 5.10 Å². The van der Waals surface area contributed by atoms with Gasteiger partial charge in [-0.25, -0.2) is 5.43 Å². The van der Waals surface area contributed by atoms with Crippen LogP contribution in [0.3, 0.4) is 0 Å². The molecule has 3 rings (SSSR count). The molecule has 1 N–H and O–H groups in total. The first-order chi connectivity index (χ1) is 16.4. The summed E-state index contributed by atoms with van der Waals surface area (Å²) in [4.78, 5) is 12.3. The van der Waals surface area contributed by atoms with E-state index in [2.05, 4.69) is 10.5 Å². The van der Waals surface area contributed by atoms with Gasteiger partial charge in [0.15, 0.2) is 11.5 Å². The second-order valence-electron chi connectivity index (χ2n) is 7.14. The van der Waals surface area contributed by atoms with Crippen LogP contribution < -0.4 is 19.6 Å². The van der Waals surface area contributed by atoms with Crippen LogP contribution in [0, 0.1) is 0 Å². The number of hydrogen-bond acceptors (Lipinski definition) is 5. The van der Waals surface area contributed by atoms with Gasteiger partial charge >= 0.3 is 0 Å². The lowest BCUT2D eigenvalue weighted by atomic mass is 10.2. The first kappa shape index (κ1) is 25.7. The van der Waals surface area contributed by atoms with Gasteiger partial charge in [-0.15, -0.1) is 0 Å². The number of benzene rings is 3. The summed E-state index contributed by atoms with van der Waals surface area (Å²) in [6, 6.07) is 15.4. The Balaban J connectivity index is 1.63. The number of ether oxygens (including phenoxy) is 3. The minimum Gasteiger partial charge on any atom is -0.494 e. The molecule has 0 saturated heterocycles. The van der Waals surface area contributed by atoms with Crippen LogP contribution in [0.15, 0.2) is 59.7 Å². The number of methoxy groups -OCH3 is 1. The summed E-state index contributed by atoms with van der Waals surface area (Å²) < 4.78 is 16.8. The summed E-state index contributed by atoms with van der Waals surface area (Å²) >= 11 is 18.4. The van der Waals surface area contributed by atoms with E-state index in [0.717, 1.165) is 12.0 Å². The Kier molecular flexibility index (Phi) is 9.45. The number of hydrazone groups is 1. The lowest BCUT2D eigenvalue weighted by Gasteiger charge is -2.13. The molecule has 0 unspecified atom stereocenters. The fraction of sp³-hybridized carbons (Fsp3) is 0.200. The molecule has 0 aromatic heterocycles. The van der Waals surface area contributed by atoms with E-state index in [1.807, 2.05) is 13.0 Å². The average molecular weight is 522 g/mol. The Morgan fingerprint density at radius 3 is 2.41 bits per heavy atom. The molecule has 178 valence electrons. The lowest BCUT2D eigenvalue weighted by molar-refractivity contribution is 0.0955. The number of rotatable bonds is 10. The van der Waals surface area contributed by atoms with Crippen LogP contribution in [0.5, 0.6) is 17.2 Å². The SMILES string of the molecule is CCCOc1ccc(C(=O)N/N=C\c2cc(Cl)c(OCc3ccc(Cl)c(Cl)c3)c(OC)c2)cc1. The van der Waals surface area contributed by atoms with Crippen LogP contribution in [-0.4, -0.2) is 25.8 Å². The molecule has 0 bridgehead atoms. The molecule has 6 nitrogen and oxygen atoms in total. The van der Waals surface area contributed by atoms with Crippen molar-refractivity contribution in [2.24, 2.45) is 5.10 Å². The van der Waals surface area contributed by atoms with Crippen molar-refractivity contribution in [1.29, 1.82) is 0 Å². The van der Waals surface area contributed by atoms with E-state index in [1.54, 1.807) is 48.5 Å². The minimum absolute atomic E-state index is 0.221. The van der Waals surface area contributed by atoms with Gasteiger partial charge < -0.3 is 14.2 Å². The standard InChI is InChI=1S/C25H23Cl3N2O4/c1-3-10-33-19-7-5-18(6-8-19)25(31)30-29-14-17-12-22(28)24(23(13-17)32-2)34-15-16-4-9-20(26)21(27)11-16/h4-9,11-14H,3,10,15H2,1-2H3,(H,30,31)/b29-14-. The van der Waals surface area contributed by atoms with E-state index in [9.17, 15) is 4.79 Å². The Labute approximate surface area is 213 Å². The van der Waals surface area contributed by atoms with Crippen LogP contribution in [-0.2, 0) is 6.61 Å². The number of carbonyl (C=O) groups is 1. The Bertz CT molecular complexity index is 1170. The highest BCUT2D eigenvalue weighted by molar-refractivity contribution is 6.42. The molecule has 0 radical (unpaired) electrons. The summed E-state index contributed by atoms with van der Waals surface area (Å²) in [5, 5.41) is 5.25. The predicted molar refractivity (Wildman–Crippen MR) is 136 cm³/mol. The fourth-order valence-corrected chi connectivity index (χ4v) is 3.49. The third-order valence-electron chi connectivity index (χ3n) is 4.59. The van der Waals surface area contributed by atoms with Crippen molar-refractivity contribution in [2.45, 2.75) is 20.0 Å². The Morgan fingerprint density at radius 1 is 0.971 bits per heavy atom. The molecule has 34 heavy (non-hydrogen) atoms. The van der Waals surface area contributed by atoms with Gasteiger partial charge in [-0.05, 0) is 66.1 Å². The van der Waals surface area contributed by atoms with Crippen molar-refractivity contribution in [1.82, 2.24) is 5.43 Å². The third kappa shape index (κ3) is 7.03. The maximum absolute atomic E-state index is 12.3. The highest BCUT2D eigenvalue weighted by atomic mass is 35.5. The molecule has 0 heterocycles. The van der Waals surface area contributed by atoms with Crippen LogP contribution in [0.25, 0.3) is 0 Å². The number of halogens is 3. The normalized spacial score (nSPS) is 10.9. The van der Waals surface area contributed by atoms with Crippen LogP contribution in [0.4, 0.5) is 0 Å². The highest BCUT2D eigenvalue weighted by Gasteiger charge is 2.13. The van der Waals surface area contributed by atoms with Gasteiger partial charge in [0.2, 0.25) is 0 Å². The van der Waals surface area contributed by atoms with E-state index in [0.29, 0.717) is 50.1 Å². The van der Waals surface area contributed by atoms with E-state index in [-0.39, 0.29) is 12.5 Å². The minimum atomic E-state index is -0.349. The average Bonchev–Trinajstić information content (AvgIpc) is 2.84. The smallest absolute Gasteiger partial charge is 0.271 e. The molecule has 9 heteroatoms. The van der Waals surface area contributed by atoms with Crippen LogP contribution >= 0.6 is 34.8 Å². The predicted octanol–water partition coefficient (Wildman–Crippen LogP) is 6.79. The summed E-state index contributed by atoms with van der Waals surface area (Å²) in [5.41, 5.74) is 4.39. The third-order valence-corrected chi connectivity index (χ3v) is 5.61. The first-order valence-electron chi connectivity index (χ1n) is 10.4. The van der Waals surface area contributed by atoms with Crippen molar-refractivity contribution < 1.29 is 19.0 Å². The number of nitrogens with one attached hydrogen (secondary N) is 1.